The van der Waals surface area contributed by atoms with E-state index in [1.807, 2.05) is 25.1 Å². The van der Waals surface area contributed by atoms with Gasteiger partial charge in [-0.1, -0.05) is 30.3 Å². The molecular weight excluding hydrogens is 570 g/mol. The Balaban J connectivity index is 1.36. The molecule has 2 aliphatic rings. The van der Waals surface area contributed by atoms with Crippen molar-refractivity contribution >= 4 is 20.9 Å². The van der Waals surface area contributed by atoms with Crippen LogP contribution in [0.2, 0.25) is 0 Å². The third-order valence-corrected chi connectivity index (χ3v) is 11.1. The second kappa shape index (κ2) is 10.0. The highest BCUT2D eigenvalue weighted by Gasteiger charge is 2.62. The van der Waals surface area contributed by atoms with Gasteiger partial charge >= 0.3 is 0 Å². The van der Waals surface area contributed by atoms with Gasteiger partial charge in [-0.25, -0.2) is 21.9 Å². The minimum Gasteiger partial charge on any atom is -0.373 e. The van der Waals surface area contributed by atoms with Crippen LogP contribution in [0.15, 0.2) is 96.3 Å². The number of aryl methyl sites for hydroxylation is 1. The number of sulfonamides is 1. The summed E-state index contributed by atoms with van der Waals surface area (Å²) in [6.07, 6.45) is 5.16. The Kier molecular flexibility index (Phi) is 6.50. The lowest BCUT2D eigenvalue weighted by atomic mass is 9.72. The molecule has 2 aromatic heterocycles. The second-order valence-electron chi connectivity index (χ2n) is 11.7. The molecule has 1 saturated heterocycles. The van der Waals surface area contributed by atoms with Crippen LogP contribution in [0.25, 0.3) is 16.6 Å². The second-order valence-corrected chi connectivity index (χ2v) is 13.6. The Hall–Kier alpha value is -3.99. The number of methoxy groups -OCH3 is 1. The van der Waals surface area contributed by atoms with Crippen molar-refractivity contribution in [1.29, 1.82) is 0 Å². The highest BCUT2D eigenvalue weighted by Crippen LogP contribution is 2.60. The first-order chi connectivity index (χ1) is 20.6. The fourth-order valence-corrected chi connectivity index (χ4v) is 8.90. The molecule has 5 aromatic rings. The van der Waals surface area contributed by atoms with Crippen LogP contribution in [0.3, 0.4) is 0 Å². The molecule has 3 atom stereocenters. The van der Waals surface area contributed by atoms with Crippen molar-refractivity contribution in [3.8, 4) is 5.69 Å². The highest BCUT2D eigenvalue weighted by atomic mass is 32.2. The van der Waals surface area contributed by atoms with Gasteiger partial charge in [0.05, 0.1) is 29.2 Å². The fraction of sp³-hybridized carbons (Fsp3) is 0.273. The van der Waals surface area contributed by atoms with E-state index in [1.54, 1.807) is 30.1 Å². The van der Waals surface area contributed by atoms with Gasteiger partial charge in [0.15, 0.2) is 0 Å². The molecule has 1 aliphatic heterocycles. The largest absolute Gasteiger partial charge is 0.373 e. The van der Waals surface area contributed by atoms with E-state index >= 15 is 0 Å². The van der Waals surface area contributed by atoms with E-state index in [2.05, 4.69) is 34.3 Å². The molecule has 1 unspecified atom stereocenters. The zero-order valence-corrected chi connectivity index (χ0v) is 24.6. The molecule has 2 fully saturated rings. The molecule has 0 radical (unpaired) electrons. The number of pyridine rings is 1. The summed E-state index contributed by atoms with van der Waals surface area (Å²) < 4.78 is 64.9. The number of benzene rings is 3. The molecule has 0 amide bonds. The average molecular weight is 601 g/mol. The lowest BCUT2D eigenvalue weighted by Gasteiger charge is -2.35. The maximum Gasteiger partial charge on any atom is 0.244 e. The van der Waals surface area contributed by atoms with Crippen molar-refractivity contribution < 1.29 is 21.9 Å². The number of nitrogens with zero attached hydrogens (tertiary/aromatic N) is 4. The zero-order valence-electron chi connectivity index (χ0n) is 23.7. The van der Waals surface area contributed by atoms with Crippen LogP contribution >= 0.6 is 0 Å². The highest BCUT2D eigenvalue weighted by molar-refractivity contribution is 7.89. The third-order valence-electron chi connectivity index (χ3n) is 9.37. The lowest BCUT2D eigenvalue weighted by molar-refractivity contribution is -0.0183. The number of fused-ring (bicyclic) bond motifs is 2. The summed E-state index contributed by atoms with van der Waals surface area (Å²) in [5.41, 5.74) is 3.50. The fourth-order valence-electron chi connectivity index (χ4n) is 7.37. The standard InChI is InChI=1S/C33H30F2N4O3S/c1-22-12-31-23(16-37-39(31)28-10-8-26(34)9-11-28)13-30(22)32-20-33(42-2,24-6-4-3-5-7-24)15-25(32)19-38(21-32)43(40,41)29-14-27(35)17-36-18-29/h3-14,16-18,25H,15,19-21H2,1-2H3/t25?,32-,33-/m0/s1. The minimum atomic E-state index is -4.01. The van der Waals surface area contributed by atoms with E-state index in [1.165, 1.54) is 22.6 Å². The Bertz CT molecular complexity index is 1950. The number of rotatable bonds is 6. The summed E-state index contributed by atoms with van der Waals surface area (Å²) in [5, 5.41) is 5.49. The maximum absolute atomic E-state index is 14.0. The zero-order chi connectivity index (χ0) is 30.0. The molecule has 1 saturated carbocycles. The minimum absolute atomic E-state index is 0.0766. The summed E-state index contributed by atoms with van der Waals surface area (Å²) in [7, 11) is -2.29. The van der Waals surface area contributed by atoms with Gasteiger partial charge in [0.2, 0.25) is 10.0 Å². The first-order valence-corrected chi connectivity index (χ1v) is 15.6. The SMILES string of the molecule is CO[C@@]1(c2ccccc2)CC2CN(S(=O)(=O)c3cncc(F)c3)C[C@@]2(c2cc3cnn(-c4ccc(F)cc4)c3cc2C)C1. The predicted octanol–water partition coefficient (Wildman–Crippen LogP) is 5.90. The van der Waals surface area contributed by atoms with Crippen molar-refractivity contribution in [2.45, 2.75) is 35.7 Å². The van der Waals surface area contributed by atoms with E-state index in [4.69, 9.17) is 4.74 Å². The van der Waals surface area contributed by atoms with Gasteiger partial charge in [-0.15, -0.1) is 0 Å². The van der Waals surface area contributed by atoms with E-state index in [0.717, 1.165) is 45.5 Å². The average Bonchev–Trinajstić information content (AvgIpc) is 3.67. The predicted molar refractivity (Wildman–Crippen MR) is 158 cm³/mol. The van der Waals surface area contributed by atoms with E-state index in [0.29, 0.717) is 12.8 Å². The molecule has 0 spiro atoms. The first kappa shape index (κ1) is 27.8. The van der Waals surface area contributed by atoms with Gasteiger partial charge in [-0.3, -0.25) is 4.98 Å². The van der Waals surface area contributed by atoms with Crippen molar-refractivity contribution in [2.75, 3.05) is 20.2 Å². The maximum atomic E-state index is 14.0. The van der Waals surface area contributed by atoms with Gasteiger partial charge < -0.3 is 4.74 Å². The summed E-state index contributed by atoms with van der Waals surface area (Å²) in [4.78, 5) is 3.64. The number of hydrogen-bond donors (Lipinski definition) is 0. The van der Waals surface area contributed by atoms with Crippen molar-refractivity contribution in [3.63, 3.8) is 0 Å². The summed E-state index contributed by atoms with van der Waals surface area (Å²) in [5.74, 6) is -1.09. The Morgan fingerprint density at radius 2 is 1.72 bits per heavy atom. The van der Waals surface area contributed by atoms with Gasteiger partial charge in [-0.2, -0.15) is 9.40 Å². The summed E-state index contributed by atoms with van der Waals surface area (Å²) in [6.45, 7) is 2.52. The number of aromatic nitrogens is 3. The van der Waals surface area contributed by atoms with E-state index in [-0.39, 0.29) is 29.7 Å². The molecule has 3 aromatic carbocycles. The molecule has 7 rings (SSSR count). The number of halogens is 2. The van der Waals surface area contributed by atoms with Gasteiger partial charge in [-0.05, 0) is 84.8 Å². The molecule has 0 N–H and O–H groups in total. The monoisotopic (exact) mass is 600 g/mol. The molecule has 10 heteroatoms. The van der Waals surface area contributed by atoms with Crippen molar-refractivity contribution in [1.82, 2.24) is 19.1 Å². The van der Waals surface area contributed by atoms with Crippen LogP contribution in [-0.4, -0.2) is 47.7 Å². The van der Waals surface area contributed by atoms with Crippen LogP contribution in [0.1, 0.15) is 29.5 Å². The van der Waals surface area contributed by atoms with Crippen molar-refractivity contribution in [3.05, 3.63) is 120 Å². The van der Waals surface area contributed by atoms with E-state index < -0.39 is 26.9 Å². The molecule has 0 bridgehead atoms. The Labute approximate surface area is 248 Å². The normalized spacial score (nSPS) is 24.0. The molecule has 220 valence electrons. The Morgan fingerprint density at radius 3 is 2.44 bits per heavy atom. The molecule has 3 heterocycles. The van der Waals surface area contributed by atoms with Crippen LogP contribution in [0.5, 0.6) is 0 Å². The topological polar surface area (TPSA) is 77.3 Å². The first-order valence-electron chi connectivity index (χ1n) is 14.1. The van der Waals surface area contributed by atoms with Gasteiger partial charge in [0.25, 0.3) is 0 Å². The summed E-state index contributed by atoms with van der Waals surface area (Å²) >= 11 is 0. The van der Waals surface area contributed by atoms with E-state index in [9.17, 15) is 17.2 Å². The smallest absolute Gasteiger partial charge is 0.244 e. The third kappa shape index (κ3) is 4.39. The number of hydrogen-bond acceptors (Lipinski definition) is 5. The Morgan fingerprint density at radius 1 is 0.953 bits per heavy atom. The van der Waals surface area contributed by atoms with Crippen LogP contribution in [0, 0.1) is 24.5 Å². The van der Waals surface area contributed by atoms with Crippen LogP contribution < -0.4 is 0 Å². The summed E-state index contributed by atoms with van der Waals surface area (Å²) in [6, 6.07) is 21.5. The van der Waals surface area contributed by atoms with Crippen molar-refractivity contribution in [2.24, 2.45) is 5.92 Å². The van der Waals surface area contributed by atoms with Gasteiger partial charge in [0.1, 0.15) is 16.5 Å². The molecule has 43 heavy (non-hydrogen) atoms. The molecular formula is C33H30F2N4O3S. The van der Waals surface area contributed by atoms with Gasteiger partial charge in [0, 0.05) is 37.2 Å². The molecule has 7 nitrogen and oxygen atoms in total. The van der Waals surface area contributed by atoms with Crippen LogP contribution in [0.4, 0.5) is 8.78 Å². The quantitative estimate of drug-likeness (QED) is 0.243. The molecule has 1 aliphatic carbocycles. The van der Waals surface area contributed by atoms with Crippen LogP contribution in [-0.2, 0) is 25.8 Å². The number of ether oxygens (including phenoxy) is 1. The lowest BCUT2D eigenvalue weighted by Crippen LogP contribution is -2.38.